The fourth-order valence-corrected chi connectivity index (χ4v) is 4.25. The van der Waals surface area contributed by atoms with Crippen LogP contribution in [-0.2, 0) is 10.0 Å². The number of hydrogen-bond donors (Lipinski definition) is 0. The van der Waals surface area contributed by atoms with E-state index in [1.54, 1.807) is 18.3 Å². The Morgan fingerprint density at radius 3 is 2.58 bits per heavy atom. The predicted molar refractivity (Wildman–Crippen MR) is 74.6 cm³/mol. The van der Waals surface area contributed by atoms with Gasteiger partial charge in [0.2, 0.25) is 10.0 Å². The SMILES string of the molecule is Cc1ncc(C)c2c(S(=O)(=O)N3CCC3)cccc12. The minimum Gasteiger partial charge on any atom is -0.261 e. The first-order chi connectivity index (χ1) is 9.01. The Bertz CT molecular complexity index is 749. The standard InChI is InChI=1S/C14H16N2O2S/c1-10-9-15-11(2)12-5-3-6-13(14(10)12)19(17,18)16-7-4-8-16/h3,5-6,9H,4,7-8H2,1-2H3. The zero-order valence-electron chi connectivity index (χ0n) is 11.0. The van der Waals surface area contributed by atoms with Crippen LogP contribution in [-0.4, -0.2) is 30.8 Å². The van der Waals surface area contributed by atoms with E-state index in [0.717, 1.165) is 28.5 Å². The number of fused-ring (bicyclic) bond motifs is 1. The van der Waals surface area contributed by atoms with Crippen molar-refractivity contribution in [2.24, 2.45) is 0 Å². The highest BCUT2D eigenvalue weighted by Gasteiger charge is 2.31. The first kappa shape index (κ1) is 12.6. The Balaban J connectivity index is 2.33. The molecule has 4 nitrogen and oxygen atoms in total. The number of rotatable bonds is 2. The van der Waals surface area contributed by atoms with Crippen molar-refractivity contribution in [2.45, 2.75) is 25.2 Å². The average molecular weight is 276 g/mol. The van der Waals surface area contributed by atoms with Gasteiger partial charge in [-0.2, -0.15) is 4.31 Å². The summed E-state index contributed by atoms with van der Waals surface area (Å²) in [5.74, 6) is 0. The van der Waals surface area contributed by atoms with E-state index in [1.165, 1.54) is 4.31 Å². The van der Waals surface area contributed by atoms with Gasteiger partial charge < -0.3 is 0 Å². The lowest BCUT2D eigenvalue weighted by molar-refractivity contribution is 0.309. The van der Waals surface area contributed by atoms with E-state index in [2.05, 4.69) is 4.98 Å². The Morgan fingerprint density at radius 2 is 1.95 bits per heavy atom. The van der Waals surface area contributed by atoms with Crippen LogP contribution in [0.1, 0.15) is 17.7 Å². The molecule has 1 aliphatic heterocycles. The molecule has 0 saturated carbocycles. The van der Waals surface area contributed by atoms with Crippen molar-refractivity contribution in [2.75, 3.05) is 13.1 Å². The predicted octanol–water partition coefficient (Wildman–Crippen LogP) is 2.25. The highest BCUT2D eigenvalue weighted by atomic mass is 32.2. The van der Waals surface area contributed by atoms with Gasteiger partial charge >= 0.3 is 0 Å². The van der Waals surface area contributed by atoms with Crippen LogP contribution in [0.3, 0.4) is 0 Å². The Hall–Kier alpha value is -1.46. The Morgan fingerprint density at radius 1 is 1.21 bits per heavy atom. The van der Waals surface area contributed by atoms with Crippen LogP contribution in [0.4, 0.5) is 0 Å². The van der Waals surface area contributed by atoms with Crippen molar-refractivity contribution in [1.29, 1.82) is 0 Å². The quantitative estimate of drug-likeness (QED) is 0.845. The zero-order chi connectivity index (χ0) is 13.6. The molecule has 1 saturated heterocycles. The number of hydrogen-bond acceptors (Lipinski definition) is 3. The molecule has 3 rings (SSSR count). The van der Waals surface area contributed by atoms with Crippen LogP contribution in [0.5, 0.6) is 0 Å². The molecule has 0 atom stereocenters. The fourth-order valence-electron chi connectivity index (χ4n) is 2.45. The van der Waals surface area contributed by atoms with E-state index < -0.39 is 10.0 Å². The van der Waals surface area contributed by atoms with Gasteiger partial charge in [0.25, 0.3) is 0 Å². The topological polar surface area (TPSA) is 50.3 Å². The van der Waals surface area contributed by atoms with Crippen molar-refractivity contribution in [3.63, 3.8) is 0 Å². The van der Waals surface area contributed by atoms with Crippen molar-refractivity contribution >= 4 is 20.8 Å². The van der Waals surface area contributed by atoms with E-state index in [0.29, 0.717) is 18.0 Å². The van der Waals surface area contributed by atoms with Crippen LogP contribution in [0.15, 0.2) is 29.3 Å². The first-order valence-electron chi connectivity index (χ1n) is 6.37. The monoisotopic (exact) mass is 276 g/mol. The molecule has 5 heteroatoms. The second-order valence-corrected chi connectivity index (χ2v) is 6.87. The maximum atomic E-state index is 12.6. The van der Waals surface area contributed by atoms with Gasteiger partial charge in [-0.1, -0.05) is 12.1 Å². The number of sulfonamides is 1. The van der Waals surface area contributed by atoms with Crippen molar-refractivity contribution < 1.29 is 8.42 Å². The van der Waals surface area contributed by atoms with Crippen LogP contribution in [0.25, 0.3) is 10.8 Å². The molecule has 0 bridgehead atoms. The van der Waals surface area contributed by atoms with Crippen LogP contribution in [0, 0.1) is 13.8 Å². The molecular weight excluding hydrogens is 260 g/mol. The largest absolute Gasteiger partial charge is 0.261 e. The highest BCUT2D eigenvalue weighted by Crippen LogP contribution is 2.31. The molecule has 0 unspecified atom stereocenters. The van der Waals surface area contributed by atoms with Gasteiger partial charge in [-0.25, -0.2) is 8.42 Å². The van der Waals surface area contributed by atoms with Gasteiger partial charge in [-0.05, 0) is 31.9 Å². The molecule has 0 radical (unpaired) electrons. The number of nitrogens with zero attached hydrogens (tertiary/aromatic N) is 2. The molecular formula is C14H16N2O2S. The van der Waals surface area contributed by atoms with E-state index in [9.17, 15) is 8.42 Å². The van der Waals surface area contributed by atoms with Crippen LogP contribution < -0.4 is 0 Å². The van der Waals surface area contributed by atoms with Crippen molar-refractivity contribution in [3.05, 3.63) is 35.7 Å². The molecule has 1 aliphatic rings. The minimum absolute atomic E-state index is 0.410. The van der Waals surface area contributed by atoms with Gasteiger partial charge in [0, 0.05) is 35.8 Å². The molecule has 100 valence electrons. The smallest absolute Gasteiger partial charge is 0.243 e. The third-order valence-corrected chi connectivity index (χ3v) is 5.64. The normalized spacial score (nSPS) is 16.5. The summed E-state index contributed by atoms with van der Waals surface area (Å²) in [6.45, 7) is 5.06. The maximum Gasteiger partial charge on any atom is 0.243 e. The van der Waals surface area contributed by atoms with E-state index >= 15 is 0 Å². The number of pyridine rings is 1. The molecule has 1 aromatic heterocycles. The molecule has 1 aromatic carbocycles. The minimum atomic E-state index is -3.36. The van der Waals surface area contributed by atoms with E-state index in [-0.39, 0.29) is 0 Å². The van der Waals surface area contributed by atoms with Crippen molar-refractivity contribution in [3.8, 4) is 0 Å². The van der Waals surface area contributed by atoms with Gasteiger partial charge in [0.1, 0.15) is 0 Å². The van der Waals surface area contributed by atoms with Crippen LogP contribution in [0.2, 0.25) is 0 Å². The molecule has 0 amide bonds. The second kappa shape index (κ2) is 4.28. The maximum absolute atomic E-state index is 12.6. The fraction of sp³-hybridized carbons (Fsp3) is 0.357. The molecule has 2 heterocycles. The summed E-state index contributed by atoms with van der Waals surface area (Å²) in [4.78, 5) is 4.71. The summed E-state index contributed by atoms with van der Waals surface area (Å²) in [6, 6.07) is 5.42. The molecule has 0 aliphatic carbocycles. The number of aromatic nitrogens is 1. The molecule has 0 spiro atoms. The molecule has 1 fully saturated rings. The molecule has 2 aromatic rings. The van der Waals surface area contributed by atoms with E-state index in [1.807, 2.05) is 19.9 Å². The third kappa shape index (κ3) is 1.84. The Kier molecular flexibility index (Phi) is 2.83. The lowest BCUT2D eigenvalue weighted by Crippen LogP contribution is -2.42. The average Bonchev–Trinajstić information content (AvgIpc) is 2.30. The van der Waals surface area contributed by atoms with Gasteiger partial charge in [0.15, 0.2) is 0 Å². The Labute approximate surface area is 113 Å². The van der Waals surface area contributed by atoms with Gasteiger partial charge in [0.05, 0.1) is 4.90 Å². The summed E-state index contributed by atoms with van der Waals surface area (Å²) in [7, 11) is -3.36. The van der Waals surface area contributed by atoms with Crippen LogP contribution >= 0.6 is 0 Å². The second-order valence-electron chi connectivity index (χ2n) is 4.96. The van der Waals surface area contributed by atoms with E-state index in [4.69, 9.17) is 0 Å². The summed E-state index contributed by atoms with van der Waals surface area (Å²) < 4.78 is 26.7. The summed E-state index contributed by atoms with van der Waals surface area (Å²) in [5.41, 5.74) is 1.77. The number of aryl methyl sites for hydroxylation is 2. The summed E-state index contributed by atoms with van der Waals surface area (Å²) in [6.07, 6.45) is 2.69. The number of benzene rings is 1. The molecule has 19 heavy (non-hydrogen) atoms. The van der Waals surface area contributed by atoms with Crippen molar-refractivity contribution in [1.82, 2.24) is 9.29 Å². The van der Waals surface area contributed by atoms with Gasteiger partial charge in [-0.15, -0.1) is 0 Å². The summed E-state index contributed by atoms with van der Waals surface area (Å²) in [5, 5.41) is 1.73. The highest BCUT2D eigenvalue weighted by molar-refractivity contribution is 7.89. The van der Waals surface area contributed by atoms with Gasteiger partial charge in [-0.3, -0.25) is 4.98 Å². The lowest BCUT2D eigenvalue weighted by Gasteiger charge is -2.30. The first-order valence-corrected chi connectivity index (χ1v) is 7.81. The summed E-state index contributed by atoms with van der Waals surface area (Å²) >= 11 is 0. The molecule has 0 N–H and O–H groups in total. The third-order valence-electron chi connectivity index (χ3n) is 3.70. The zero-order valence-corrected chi connectivity index (χ0v) is 11.9. The lowest BCUT2D eigenvalue weighted by atomic mass is 10.1.